The fourth-order valence-corrected chi connectivity index (χ4v) is 3.88. The first-order valence-electron chi connectivity index (χ1n) is 7.39. The number of benzene rings is 2. The Labute approximate surface area is 153 Å². The van der Waals surface area contributed by atoms with Crippen LogP contribution in [0, 0.1) is 0 Å². The van der Waals surface area contributed by atoms with Crippen LogP contribution in [0.25, 0.3) is 22.2 Å². The third-order valence-electron chi connectivity index (χ3n) is 3.74. The Hall–Kier alpha value is -1.88. The quantitative estimate of drug-likeness (QED) is 0.420. The molecular formula is C18H13Cl2N3S. The predicted octanol–water partition coefficient (Wildman–Crippen LogP) is 6.16. The Bertz CT molecular complexity index is 1010. The molecule has 120 valence electrons. The maximum atomic E-state index is 6.04. The number of aromatic nitrogens is 3. The van der Waals surface area contributed by atoms with E-state index in [1.807, 2.05) is 48.7 Å². The zero-order valence-corrected chi connectivity index (χ0v) is 14.8. The molecule has 2 heterocycles. The van der Waals surface area contributed by atoms with Gasteiger partial charge in [0.25, 0.3) is 0 Å². The number of nitrogens with one attached hydrogen (secondary N) is 2. The van der Waals surface area contributed by atoms with Crippen LogP contribution in [-0.4, -0.2) is 15.2 Å². The number of fused-ring (bicyclic) bond motifs is 1. The average molecular weight is 374 g/mol. The molecule has 0 radical (unpaired) electrons. The van der Waals surface area contributed by atoms with Gasteiger partial charge in [0.15, 0.2) is 0 Å². The van der Waals surface area contributed by atoms with Crippen molar-refractivity contribution in [1.82, 2.24) is 15.2 Å². The highest BCUT2D eigenvalue weighted by Gasteiger charge is 2.08. The number of thioether (sulfide) groups is 1. The standard InChI is InChI=1S/C18H13Cl2N3S/c19-12-3-1-2-11(6-12)16-8-14(22-23-16)10-24-18-9-21-17-7-13(20)4-5-15(17)18/h1-9,21H,10H2,(H,22,23). The zero-order valence-electron chi connectivity index (χ0n) is 12.5. The number of aromatic amines is 2. The molecule has 3 nitrogen and oxygen atoms in total. The van der Waals surface area contributed by atoms with Gasteiger partial charge in [0, 0.05) is 49.1 Å². The fourth-order valence-electron chi connectivity index (χ4n) is 2.58. The summed E-state index contributed by atoms with van der Waals surface area (Å²) in [6.07, 6.45) is 2.01. The minimum atomic E-state index is 0.712. The van der Waals surface area contributed by atoms with E-state index in [2.05, 4.69) is 21.2 Å². The number of hydrogen-bond donors (Lipinski definition) is 2. The number of H-pyrrole nitrogens is 2. The molecule has 0 amide bonds. The predicted molar refractivity (Wildman–Crippen MR) is 102 cm³/mol. The molecule has 6 heteroatoms. The molecule has 0 bridgehead atoms. The number of rotatable bonds is 4. The molecule has 4 aromatic rings. The number of nitrogens with zero attached hydrogens (tertiary/aromatic N) is 1. The lowest BCUT2D eigenvalue weighted by Gasteiger charge is -1.98. The van der Waals surface area contributed by atoms with Crippen LogP contribution in [0.5, 0.6) is 0 Å². The number of halogens is 2. The zero-order chi connectivity index (χ0) is 16.5. The lowest BCUT2D eigenvalue weighted by Crippen LogP contribution is -1.79. The molecular weight excluding hydrogens is 361 g/mol. The van der Waals surface area contributed by atoms with Crippen molar-refractivity contribution in [3.63, 3.8) is 0 Å². The van der Waals surface area contributed by atoms with E-state index in [1.165, 1.54) is 10.3 Å². The van der Waals surface area contributed by atoms with Crippen molar-refractivity contribution < 1.29 is 0 Å². The molecule has 2 N–H and O–H groups in total. The van der Waals surface area contributed by atoms with Gasteiger partial charge in [-0.3, -0.25) is 5.10 Å². The van der Waals surface area contributed by atoms with Gasteiger partial charge in [0.05, 0.1) is 5.69 Å². The SMILES string of the molecule is Clc1cccc(-c2cc(CSc3c[nH]c4cc(Cl)ccc34)[nH]n2)c1. The first-order chi connectivity index (χ1) is 11.7. The summed E-state index contributed by atoms with van der Waals surface area (Å²) in [5.41, 5.74) is 4.03. The highest BCUT2D eigenvalue weighted by molar-refractivity contribution is 7.98. The molecule has 4 rings (SSSR count). The third kappa shape index (κ3) is 3.18. The van der Waals surface area contributed by atoms with Crippen molar-refractivity contribution in [3.8, 4) is 11.3 Å². The van der Waals surface area contributed by atoms with Crippen LogP contribution in [0.4, 0.5) is 0 Å². The van der Waals surface area contributed by atoms with Crippen LogP contribution in [0.1, 0.15) is 5.69 Å². The van der Waals surface area contributed by atoms with Gasteiger partial charge in [0.2, 0.25) is 0 Å². The van der Waals surface area contributed by atoms with Gasteiger partial charge in [-0.2, -0.15) is 5.10 Å². The van der Waals surface area contributed by atoms with Crippen molar-refractivity contribution in [3.05, 3.63) is 70.5 Å². The second-order valence-electron chi connectivity index (χ2n) is 5.42. The summed E-state index contributed by atoms with van der Waals surface area (Å²) in [7, 11) is 0. The second kappa shape index (κ2) is 6.55. The van der Waals surface area contributed by atoms with E-state index in [1.54, 1.807) is 11.8 Å². The van der Waals surface area contributed by atoms with Crippen LogP contribution in [-0.2, 0) is 5.75 Å². The van der Waals surface area contributed by atoms with Gasteiger partial charge in [0.1, 0.15) is 0 Å². The lowest BCUT2D eigenvalue weighted by molar-refractivity contribution is 1.04. The molecule has 0 atom stereocenters. The summed E-state index contributed by atoms with van der Waals surface area (Å²) in [5.74, 6) is 0.809. The Morgan fingerprint density at radius 3 is 2.75 bits per heavy atom. The molecule has 0 aliphatic heterocycles. The lowest BCUT2D eigenvalue weighted by atomic mass is 10.1. The molecule has 24 heavy (non-hydrogen) atoms. The molecule has 0 saturated heterocycles. The van der Waals surface area contributed by atoms with E-state index < -0.39 is 0 Å². The fraction of sp³-hybridized carbons (Fsp3) is 0.0556. The minimum absolute atomic E-state index is 0.712. The summed E-state index contributed by atoms with van der Waals surface area (Å²) in [6.45, 7) is 0. The maximum absolute atomic E-state index is 6.04. The average Bonchev–Trinajstić information content (AvgIpc) is 3.19. The molecule has 0 spiro atoms. The van der Waals surface area contributed by atoms with Gasteiger partial charge < -0.3 is 4.98 Å². The third-order valence-corrected chi connectivity index (χ3v) is 5.31. The molecule has 2 aromatic carbocycles. The summed E-state index contributed by atoms with van der Waals surface area (Å²) in [6, 6.07) is 15.7. The first-order valence-corrected chi connectivity index (χ1v) is 9.13. The van der Waals surface area contributed by atoms with Crippen LogP contribution in [0.3, 0.4) is 0 Å². The summed E-state index contributed by atoms with van der Waals surface area (Å²) >= 11 is 13.8. The van der Waals surface area contributed by atoms with E-state index in [-0.39, 0.29) is 0 Å². The van der Waals surface area contributed by atoms with E-state index in [0.29, 0.717) is 5.02 Å². The van der Waals surface area contributed by atoms with E-state index in [4.69, 9.17) is 23.2 Å². The topological polar surface area (TPSA) is 44.5 Å². The van der Waals surface area contributed by atoms with Crippen LogP contribution in [0.15, 0.2) is 59.6 Å². The van der Waals surface area contributed by atoms with Crippen LogP contribution >= 0.6 is 35.0 Å². The van der Waals surface area contributed by atoms with Gasteiger partial charge in [-0.05, 0) is 30.3 Å². The van der Waals surface area contributed by atoms with Gasteiger partial charge in [-0.25, -0.2) is 0 Å². The Morgan fingerprint density at radius 1 is 1.00 bits per heavy atom. The van der Waals surface area contributed by atoms with E-state index in [0.717, 1.165) is 33.2 Å². The van der Waals surface area contributed by atoms with Gasteiger partial charge in [-0.15, -0.1) is 11.8 Å². The Kier molecular flexibility index (Phi) is 4.27. The van der Waals surface area contributed by atoms with Crippen molar-refractivity contribution in [2.24, 2.45) is 0 Å². The Morgan fingerprint density at radius 2 is 1.88 bits per heavy atom. The normalized spacial score (nSPS) is 11.2. The molecule has 0 unspecified atom stereocenters. The van der Waals surface area contributed by atoms with Gasteiger partial charge >= 0.3 is 0 Å². The molecule has 0 aliphatic carbocycles. The summed E-state index contributed by atoms with van der Waals surface area (Å²) < 4.78 is 0. The summed E-state index contributed by atoms with van der Waals surface area (Å²) in [4.78, 5) is 4.45. The van der Waals surface area contributed by atoms with Crippen molar-refractivity contribution in [2.75, 3.05) is 0 Å². The molecule has 2 aromatic heterocycles. The molecule has 0 saturated carbocycles. The highest BCUT2D eigenvalue weighted by atomic mass is 35.5. The van der Waals surface area contributed by atoms with Crippen molar-refractivity contribution in [1.29, 1.82) is 0 Å². The second-order valence-corrected chi connectivity index (χ2v) is 7.31. The molecule has 0 fully saturated rings. The largest absolute Gasteiger partial charge is 0.360 e. The van der Waals surface area contributed by atoms with Crippen LogP contribution < -0.4 is 0 Å². The van der Waals surface area contributed by atoms with Crippen LogP contribution in [0.2, 0.25) is 10.0 Å². The maximum Gasteiger partial charge on any atom is 0.0924 e. The van der Waals surface area contributed by atoms with Crippen molar-refractivity contribution >= 4 is 45.9 Å². The summed E-state index contributed by atoms with van der Waals surface area (Å²) in [5, 5.41) is 10.1. The molecule has 0 aliphatic rings. The highest BCUT2D eigenvalue weighted by Crippen LogP contribution is 2.32. The minimum Gasteiger partial charge on any atom is -0.360 e. The first kappa shape index (κ1) is 15.6. The Balaban J connectivity index is 1.52. The smallest absolute Gasteiger partial charge is 0.0924 e. The van der Waals surface area contributed by atoms with E-state index >= 15 is 0 Å². The van der Waals surface area contributed by atoms with Gasteiger partial charge in [-0.1, -0.05) is 41.4 Å². The van der Waals surface area contributed by atoms with Crippen molar-refractivity contribution in [2.45, 2.75) is 10.6 Å². The number of hydrogen-bond acceptors (Lipinski definition) is 2. The monoisotopic (exact) mass is 373 g/mol. The van der Waals surface area contributed by atoms with E-state index in [9.17, 15) is 0 Å².